The van der Waals surface area contributed by atoms with Gasteiger partial charge in [-0.05, 0) is 88.5 Å². The van der Waals surface area contributed by atoms with Crippen molar-refractivity contribution in [2.75, 3.05) is 13.1 Å². The van der Waals surface area contributed by atoms with Gasteiger partial charge in [0.05, 0.1) is 0 Å². The van der Waals surface area contributed by atoms with Crippen molar-refractivity contribution < 1.29 is 19.4 Å². The van der Waals surface area contributed by atoms with Crippen LogP contribution in [0.2, 0.25) is 0 Å². The minimum Gasteiger partial charge on any atom is -0.474 e. The van der Waals surface area contributed by atoms with Gasteiger partial charge in [-0.3, -0.25) is 9.48 Å². The van der Waals surface area contributed by atoms with Crippen LogP contribution < -0.4 is 10.1 Å². The monoisotopic (exact) mass is 507 g/mol. The van der Waals surface area contributed by atoms with Crippen molar-refractivity contribution in [2.24, 2.45) is 11.8 Å². The summed E-state index contributed by atoms with van der Waals surface area (Å²) >= 11 is 0. The van der Waals surface area contributed by atoms with Crippen LogP contribution in [-0.4, -0.2) is 62.0 Å². The molecule has 2 N–H and O–H groups in total. The molecule has 37 heavy (non-hydrogen) atoms. The van der Waals surface area contributed by atoms with Gasteiger partial charge in [0.2, 0.25) is 5.88 Å². The Morgan fingerprint density at radius 3 is 2.68 bits per heavy atom. The molecule has 4 aliphatic rings. The van der Waals surface area contributed by atoms with Crippen molar-refractivity contribution in [3.63, 3.8) is 0 Å². The number of nitrogens with zero attached hydrogens (tertiary/aromatic N) is 4. The molecule has 9 heteroatoms. The summed E-state index contributed by atoms with van der Waals surface area (Å²) in [5.41, 5.74) is 4.24. The average molecular weight is 508 g/mol. The molecule has 198 valence electrons. The number of carboxylic acid groups (broad SMARTS) is 1. The Kier molecular flexibility index (Phi) is 6.55. The number of aryl methyl sites for hydroxylation is 2. The highest BCUT2D eigenvalue weighted by Crippen LogP contribution is 2.57. The van der Waals surface area contributed by atoms with E-state index in [2.05, 4.69) is 15.0 Å². The van der Waals surface area contributed by atoms with Crippen molar-refractivity contribution in [1.29, 1.82) is 0 Å². The van der Waals surface area contributed by atoms with E-state index in [9.17, 15) is 9.59 Å². The second-order valence-electron chi connectivity index (χ2n) is 11.4. The maximum atomic E-state index is 13.5. The molecule has 0 spiro atoms. The lowest BCUT2D eigenvalue weighted by Gasteiger charge is -2.31. The van der Waals surface area contributed by atoms with Crippen molar-refractivity contribution in [3.8, 4) is 5.88 Å². The van der Waals surface area contributed by atoms with Gasteiger partial charge in [-0.1, -0.05) is 6.07 Å². The van der Waals surface area contributed by atoms with E-state index in [-0.39, 0.29) is 18.1 Å². The van der Waals surface area contributed by atoms with Gasteiger partial charge in [-0.15, -0.1) is 0 Å². The number of fused-ring (bicyclic) bond motifs is 3. The lowest BCUT2D eigenvalue weighted by atomic mass is 9.85. The van der Waals surface area contributed by atoms with Crippen LogP contribution in [-0.2, 0) is 13.0 Å². The summed E-state index contributed by atoms with van der Waals surface area (Å²) in [7, 11) is 0. The van der Waals surface area contributed by atoms with Gasteiger partial charge in [0, 0.05) is 48.7 Å². The van der Waals surface area contributed by atoms with Gasteiger partial charge >= 0.3 is 6.09 Å². The number of amides is 2. The third kappa shape index (κ3) is 5.05. The van der Waals surface area contributed by atoms with E-state index >= 15 is 0 Å². The molecule has 0 radical (unpaired) electrons. The molecule has 6 rings (SSSR count). The number of rotatable bonds is 7. The molecule has 3 fully saturated rings. The quantitative estimate of drug-likeness (QED) is 0.583. The fraction of sp³-hybridized carbons (Fsp3) is 0.643. The average Bonchev–Trinajstić information content (AvgIpc) is 3.41. The smallest absolute Gasteiger partial charge is 0.404 e. The number of carbonyl (C=O) groups is 2. The van der Waals surface area contributed by atoms with E-state index in [1.165, 1.54) is 17.7 Å². The van der Waals surface area contributed by atoms with Crippen LogP contribution in [0.5, 0.6) is 5.88 Å². The topological polar surface area (TPSA) is 110 Å². The number of hydrogen-bond donors (Lipinski definition) is 2. The first kappa shape index (κ1) is 24.2. The van der Waals surface area contributed by atoms with Crippen LogP contribution in [0.3, 0.4) is 0 Å². The van der Waals surface area contributed by atoms with Crippen molar-refractivity contribution in [1.82, 2.24) is 25.0 Å². The molecule has 9 nitrogen and oxygen atoms in total. The van der Waals surface area contributed by atoms with Gasteiger partial charge in [-0.25, -0.2) is 9.78 Å². The van der Waals surface area contributed by atoms with E-state index in [4.69, 9.17) is 14.9 Å². The number of ether oxygens (including phenoxy) is 1. The Morgan fingerprint density at radius 2 is 1.95 bits per heavy atom. The van der Waals surface area contributed by atoms with Crippen LogP contribution >= 0.6 is 0 Å². The number of aromatic nitrogens is 3. The van der Waals surface area contributed by atoms with Gasteiger partial charge in [0.25, 0.3) is 5.91 Å². The third-order valence-corrected chi connectivity index (χ3v) is 8.94. The molecular weight excluding hydrogens is 470 g/mol. The summed E-state index contributed by atoms with van der Waals surface area (Å²) in [5.74, 6) is 2.64. The van der Waals surface area contributed by atoms with Gasteiger partial charge < -0.3 is 20.1 Å². The summed E-state index contributed by atoms with van der Waals surface area (Å²) < 4.78 is 8.33. The van der Waals surface area contributed by atoms with E-state index in [0.717, 1.165) is 56.5 Å². The standard InChI is InChI=1S/C28H37N5O4/c1-17-3-2-11-29-26(17)37-21-6-4-18(5-7-21)8-14-33-23-16-19-15-22(19)24(23)25(31-33)27(34)32-12-9-20(10-13-32)30-28(35)36/h2-3,11,18-22,30H,4-10,12-16H2,1H3,(H,35,36)/t18-,19-,21+,22-/m1/s1. The first-order valence-electron chi connectivity index (χ1n) is 13.9. The van der Waals surface area contributed by atoms with E-state index in [0.29, 0.717) is 49.4 Å². The molecule has 2 aromatic rings. The lowest BCUT2D eigenvalue weighted by molar-refractivity contribution is 0.0697. The van der Waals surface area contributed by atoms with Crippen LogP contribution in [0.1, 0.15) is 84.6 Å². The van der Waals surface area contributed by atoms with Crippen molar-refractivity contribution in [2.45, 2.75) is 89.3 Å². The van der Waals surface area contributed by atoms with E-state index < -0.39 is 6.09 Å². The zero-order chi connectivity index (χ0) is 25.5. The van der Waals surface area contributed by atoms with Crippen LogP contribution in [0.25, 0.3) is 0 Å². The summed E-state index contributed by atoms with van der Waals surface area (Å²) in [4.78, 5) is 30.7. The molecule has 2 aromatic heterocycles. The first-order valence-corrected chi connectivity index (χ1v) is 13.9. The maximum Gasteiger partial charge on any atom is 0.404 e. The molecule has 0 aromatic carbocycles. The number of pyridine rings is 1. The Hall–Kier alpha value is -3.10. The zero-order valence-corrected chi connectivity index (χ0v) is 21.6. The van der Waals surface area contributed by atoms with Crippen LogP contribution in [0.15, 0.2) is 18.3 Å². The summed E-state index contributed by atoms with van der Waals surface area (Å²) in [6.07, 6.45) is 10.1. The summed E-state index contributed by atoms with van der Waals surface area (Å²) in [6, 6.07) is 3.90. The minimum absolute atomic E-state index is 0.0267. The number of piperidine rings is 1. The van der Waals surface area contributed by atoms with E-state index in [1.54, 1.807) is 6.20 Å². The number of hydrogen-bond acceptors (Lipinski definition) is 5. The Labute approximate surface area is 217 Å². The minimum atomic E-state index is -0.995. The molecule has 2 atom stereocenters. The molecule has 1 aliphatic heterocycles. The number of nitrogens with one attached hydrogen (secondary N) is 1. The largest absolute Gasteiger partial charge is 0.474 e. The molecule has 2 saturated carbocycles. The SMILES string of the molecule is Cc1cccnc1O[C@H]1CC[C@@H](CCn2nc(C(=O)N3CCC(NC(=O)O)CC3)c3c2C[C@H]2C[C@@H]32)CC1. The van der Waals surface area contributed by atoms with Gasteiger partial charge in [0.1, 0.15) is 6.10 Å². The number of carbonyl (C=O) groups excluding carboxylic acids is 1. The molecule has 0 bridgehead atoms. The first-order chi connectivity index (χ1) is 18.0. The molecule has 0 unspecified atom stereocenters. The number of likely N-dealkylation sites (tertiary alicyclic amines) is 1. The zero-order valence-electron chi connectivity index (χ0n) is 21.6. The highest BCUT2D eigenvalue weighted by molar-refractivity contribution is 5.94. The van der Waals surface area contributed by atoms with Crippen molar-refractivity contribution >= 4 is 12.0 Å². The fourth-order valence-corrected chi connectivity index (χ4v) is 6.68. The van der Waals surface area contributed by atoms with Crippen LogP contribution in [0, 0.1) is 18.8 Å². The second-order valence-corrected chi connectivity index (χ2v) is 11.4. The lowest BCUT2D eigenvalue weighted by Crippen LogP contribution is -2.46. The van der Waals surface area contributed by atoms with Crippen LogP contribution in [0.4, 0.5) is 4.79 Å². The fourth-order valence-electron chi connectivity index (χ4n) is 6.68. The van der Waals surface area contributed by atoms with Crippen molar-refractivity contribution in [3.05, 3.63) is 40.8 Å². The highest BCUT2D eigenvalue weighted by atomic mass is 16.5. The summed E-state index contributed by atoms with van der Waals surface area (Å²) in [6.45, 7) is 4.05. The Balaban J connectivity index is 1.05. The molecule has 3 heterocycles. The third-order valence-electron chi connectivity index (χ3n) is 8.94. The predicted octanol–water partition coefficient (Wildman–Crippen LogP) is 4.15. The molecule has 2 amide bonds. The Morgan fingerprint density at radius 1 is 1.16 bits per heavy atom. The maximum absolute atomic E-state index is 13.5. The molecular formula is C28H37N5O4. The second kappa shape index (κ2) is 9.99. The molecule has 1 saturated heterocycles. The van der Waals surface area contributed by atoms with Gasteiger partial charge in [0.15, 0.2) is 5.69 Å². The molecule has 3 aliphatic carbocycles. The Bertz CT molecular complexity index is 1160. The highest BCUT2D eigenvalue weighted by Gasteiger charge is 2.50. The normalized spacial score (nSPS) is 26.9. The summed E-state index contributed by atoms with van der Waals surface area (Å²) in [5, 5.41) is 16.4. The predicted molar refractivity (Wildman–Crippen MR) is 137 cm³/mol. The van der Waals surface area contributed by atoms with E-state index in [1.807, 2.05) is 24.0 Å². The van der Waals surface area contributed by atoms with Gasteiger partial charge in [-0.2, -0.15) is 5.10 Å².